The predicted octanol–water partition coefficient (Wildman–Crippen LogP) is 2.89. The molecule has 0 amide bonds. The molecule has 0 saturated carbocycles. The van der Waals surface area contributed by atoms with E-state index < -0.39 is 5.82 Å². The number of fused-ring (bicyclic) bond motifs is 2. The topological polar surface area (TPSA) is 139 Å². The Hall–Kier alpha value is -4.58. The molecule has 1 aromatic carbocycles. The highest BCUT2D eigenvalue weighted by molar-refractivity contribution is 6.09. The molecular formula is C26H28FN9O2. The number of hydrogen-bond donors (Lipinski definition) is 3. The summed E-state index contributed by atoms with van der Waals surface area (Å²) in [4.78, 5) is 27.7. The average Bonchev–Trinajstić information content (AvgIpc) is 3.37. The number of allylic oxidation sites excluding steroid dienone is 1. The van der Waals surface area contributed by atoms with E-state index in [1.165, 1.54) is 26.5 Å². The van der Waals surface area contributed by atoms with Crippen molar-refractivity contribution in [2.45, 2.75) is 19.5 Å². The van der Waals surface area contributed by atoms with Crippen molar-refractivity contribution in [3.63, 3.8) is 0 Å². The SMILES string of the molecule is CN=C/C(=C\N)c1cnc2ccc(N(Cc3nc4c([nH]3)CNCC4)c3cc(OC)cc(OC)c3F)nc2n1. The first-order chi connectivity index (χ1) is 18.5. The summed E-state index contributed by atoms with van der Waals surface area (Å²) in [6, 6.07) is 6.65. The van der Waals surface area contributed by atoms with Crippen molar-refractivity contribution in [2.75, 3.05) is 32.7 Å². The van der Waals surface area contributed by atoms with Gasteiger partial charge in [-0.2, -0.15) is 0 Å². The van der Waals surface area contributed by atoms with E-state index in [2.05, 4.69) is 25.3 Å². The second kappa shape index (κ2) is 10.8. The number of benzene rings is 1. The number of methoxy groups -OCH3 is 2. The number of nitrogens with one attached hydrogen (secondary N) is 2. The number of rotatable bonds is 8. The smallest absolute Gasteiger partial charge is 0.188 e. The van der Waals surface area contributed by atoms with Crippen molar-refractivity contribution in [3.8, 4) is 11.5 Å². The minimum absolute atomic E-state index is 0.0479. The summed E-state index contributed by atoms with van der Waals surface area (Å²) in [6.45, 7) is 1.77. The van der Waals surface area contributed by atoms with E-state index in [0.717, 1.165) is 24.4 Å². The van der Waals surface area contributed by atoms with Gasteiger partial charge in [0.25, 0.3) is 0 Å². The zero-order chi connectivity index (χ0) is 26.6. The number of pyridine rings is 1. The summed E-state index contributed by atoms with van der Waals surface area (Å²) in [5.74, 6) is 1.04. The second-order valence-corrected chi connectivity index (χ2v) is 8.56. The molecule has 4 N–H and O–H groups in total. The molecular weight excluding hydrogens is 489 g/mol. The molecule has 12 heteroatoms. The molecule has 38 heavy (non-hydrogen) atoms. The van der Waals surface area contributed by atoms with Gasteiger partial charge in [0.15, 0.2) is 17.2 Å². The molecule has 1 aliphatic rings. The Morgan fingerprint density at radius 3 is 2.82 bits per heavy atom. The number of nitrogens with two attached hydrogens (primary N) is 1. The summed E-state index contributed by atoms with van der Waals surface area (Å²) in [5.41, 5.74) is 10.1. The molecule has 0 spiro atoms. The van der Waals surface area contributed by atoms with Crippen molar-refractivity contribution in [1.29, 1.82) is 0 Å². The van der Waals surface area contributed by atoms with Crippen LogP contribution >= 0.6 is 0 Å². The first-order valence-corrected chi connectivity index (χ1v) is 12.0. The molecule has 0 saturated heterocycles. The van der Waals surface area contributed by atoms with Gasteiger partial charge in [-0.15, -0.1) is 0 Å². The zero-order valence-corrected chi connectivity index (χ0v) is 21.3. The quantitative estimate of drug-likeness (QED) is 0.301. The molecule has 11 nitrogen and oxygen atoms in total. The molecule has 4 aromatic rings. The van der Waals surface area contributed by atoms with Crippen molar-refractivity contribution in [1.82, 2.24) is 30.2 Å². The third kappa shape index (κ3) is 4.85. The van der Waals surface area contributed by atoms with Crippen molar-refractivity contribution in [2.24, 2.45) is 10.7 Å². The second-order valence-electron chi connectivity index (χ2n) is 8.56. The summed E-state index contributed by atoms with van der Waals surface area (Å²) >= 11 is 0. The standard InChI is InChI=1S/C26H28FN9O2/c1-29-11-15(10-28)19-13-31-18-4-5-24(35-26(18)34-19)36(14-23-32-17-6-7-30-12-20(17)33-23)21-8-16(37-2)9-22(38-3)25(21)27/h4-5,8-11,13,30H,6-7,12,14,28H2,1-3H3,(H,32,33)/b15-10+,29-11?. The number of nitrogens with zero attached hydrogens (tertiary/aromatic N) is 6. The van der Waals surface area contributed by atoms with Crippen molar-refractivity contribution in [3.05, 3.63) is 65.4 Å². The van der Waals surface area contributed by atoms with Gasteiger partial charge in [-0.3, -0.25) is 9.98 Å². The Bertz CT molecular complexity index is 1510. The number of aliphatic imine (C=N–C) groups is 1. The summed E-state index contributed by atoms with van der Waals surface area (Å²) in [6.07, 6.45) is 5.43. The van der Waals surface area contributed by atoms with Crippen LogP contribution < -0.4 is 25.4 Å². The number of imidazole rings is 1. The molecule has 0 atom stereocenters. The van der Waals surface area contributed by atoms with E-state index in [-0.39, 0.29) is 18.0 Å². The maximum Gasteiger partial charge on any atom is 0.188 e. The lowest BCUT2D eigenvalue weighted by molar-refractivity contribution is 0.374. The Kier molecular flexibility index (Phi) is 7.13. The Labute approximate surface area is 218 Å². The largest absolute Gasteiger partial charge is 0.497 e. The van der Waals surface area contributed by atoms with Gasteiger partial charge in [0.1, 0.15) is 22.9 Å². The van der Waals surface area contributed by atoms with Crippen LogP contribution in [0.15, 0.2) is 41.7 Å². The van der Waals surface area contributed by atoms with Crippen LogP contribution in [0, 0.1) is 5.82 Å². The molecule has 0 aliphatic carbocycles. The third-order valence-corrected chi connectivity index (χ3v) is 6.21. The Morgan fingerprint density at radius 2 is 2.08 bits per heavy atom. The maximum absolute atomic E-state index is 15.7. The van der Waals surface area contributed by atoms with Crippen LogP contribution in [0.2, 0.25) is 0 Å². The highest BCUT2D eigenvalue weighted by atomic mass is 19.1. The molecule has 4 heterocycles. The van der Waals surface area contributed by atoms with Crippen molar-refractivity contribution >= 4 is 34.5 Å². The van der Waals surface area contributed by atoms with Crippen LogP contribution in [0.25, 0.3) is 16.7 Å². The van der Waals surface area contributed by atoms with E-state index in [0.29, 0.717) is 46.4 Å². The first kappa shape index (κ1) is 25.1. The normalized spacial score (nSPS) is 13.6. The van der Waals surface area contributed by atoms with Gasteiger partial charge in [-0.1, -0.05) is 0 Å². The van der Waals surface area contributed by atoms with E-state index in [9.17, 15) is 0 Å². The number of H-pyrrole nitrogens is 1. The number of ether oxygens (including phenoxy) is 2. The van der Waals surface area contributed by atoms with Gasteiger partial charge in [0.05, 0.1) is 49.7 Å². The number of anilines is 2. The molecule has 0 radical (unpaired) electrons. The van der Waals surface area contributed by atoms with Crippen LogP contribution in [-0.2, 0) is 19.5 Å². The summed E-state index contributed by atoms with van der Waals surface area (Å²) in [7, 11) is 4.57. The fourth-order valence-corrected chi connectivity index (χ4v) is 4.32. The first-order valence-electron chi connectivity index (χ1n) is 12.0. The highest BCUT2D eigenvalue weighted by Crippen LogP contribution is 2.37. The minimum atomic E-state index is -0.555. The molecule has 1 aliphatic heterocycles. The molecule has 0 unspecified atom stereocenters. The molecule has 0 fully saturated rings. The molecule has 3 aromatic heterocycles. The molecule has 5 rings (SSSR count). The van der Waals surface area contributed by atoms with Gasteiger partial charge >= 0.3 is 0 Å². The van der Waals surface area contributed by atoms with E-state index in [4.69, 9.17) is 25.2 Å². The van der Waals surface area contributed by atoms with Crippen LogP contribution in [0.5, 0.6) is 11.5 Å². The lowest BCUT2D eigenvalue weighted by atomic mass is 10.2. The van der Waals surface area contributed by atoms with Crippen LogP contribution in [0.4, 0.5) is 15.9 Å². The lowest BCUT2D eigenvalue weighted by Crippen LogP contribution is -2.23. The minimum Gasteiger partial charge on any atom is -0.497 e. The highest BCUT2D eigenvalue weighted by Gasteiger charge is 2.24. The van der Waals surface area contributed by atoms with Gasteiger partial charge in [0.2, 0.25) is 0 Å². The van der Waals surface area contributed by atoms with Gasteiger partial charge in [0, 0.05) is 56.7 Å². The van der Waals surface area contributed by atoms with Gasteiger partial charge in [-0.05, 0) is 12.1 Å². The fraction of sp³-hybridized carbons (Fsp3) is 0.269. The van der Waals surface area contributed by atoms with Crippen molar-refractivity contribution < 1.29 is 13.9 Å². The lowest BCUT2D eigenvalue weighted by Gasteiger charge is -2.25. The number of aromatic nitrogens is 5. The Morgan fingerprint density at radius 1 is 1.21 bits per heavy atom. The van der Waals surface area contributed by atoms with Crippen LogP contribution in [0.3, 0.4) is 0 Å². The summed E-state index contributed by atoms with van der Waals surface area (Å²) in [5, 5.41) is 3.33. The van der Waals surface area contributed by atoms with Gasteiger partial charge < -0.3 is 30.4 Å². The maximum atomic E-state index is 15.7. The average molecular weight is 518 g/mol. The van der Waals surface area contributed by atoms with E-state index >= 15 is 4.39 Å². The zero-order valence-electron chi connectivity index (χ0n) is 21.3. The van der Waals surface area contributed by atoms with Crippen LogP contribution in [0.1, 0.15) is 22.9 Å². The van der Waals surface area contributed by atoms with E-state index in [1.54, 1.807) is 42.6 Å². The van der Waals surface area contributed by atoms with E-state index in [1.807, 2.05) is 0 Å². The number of hydrogen-bond acceptors (Lipinski definition) is 10. The number of halogens is 1. The molecule has 196 valence electrons. The van der Waals surface area contributed by atoms with Crippen LogP contribution in [-0.4, -0.2) is 58.9 Å². The summed E-state index contributed by atoms with van der Waals surface area (Å²) < 4.78 is 26.4. The number of aromatic amines is 1. The van der Waals surface area contributed by atoms with Gasteiger partial charge in [-0.25, -0.2) is 19.3 Å². The fourth-order valence-electron chi connectivity index (χ4n) is 4.32. The monoisotopic (exact) mass is 517 g/mol. The predicted molar refractivity (Wildman–Crippen MR) is 143 cm³/mol. The molecule has 0 bridgehead atoms. The Balaban J connectivity index is 1.64. The third-order valence-electron chi connectivity index (χ3n) is 6.21.